The summed E-state index contributed by atoms with van der Waals surface area (Å²) in [7, 11) is 0. The minimum Gasteiger partial charge on any atom is -0.481 e. The maximum absolute atomic E-state index is 11.0. The van der Waals surface area contributed by atoms with Crippen LogP contribution in [0.25, 0.3) is 0 Å². The van der Waals surface area contributed by atoms with Crippen molar-refractivity contribution in [1.29, 1.82) is 0 Å². The molecule has 0 aromatic heterocycles. The van der Waals surface area contributed by atoms with Crippen LogP contribution in [0.1, 0.15) is 20.3 Å². The monoisotopic (exact) mass is 197 g/mol. The van der Waals surface area contributed by atoms with E-state index in [1.807, 2.05) is 19.9 Å². The fraction of sp³-hybridized carbons (Fsp3) is 0.727. The van der Waals surface area contributed by atoms with Crippen molar-refractivity contribution in [2.24, 2.45) is 11.3 Å². The molecule has 0 aromatic carbocycles. The number of piperidine rings is 1. The molecule has 0 radical (unpaired) electrons. The van der Waals surface area contributed by atoms with Crippen molar-refractivity contribution in [1.82, 2.24) is 4.90 Å². The van der Waals surface area contributed by atoms with Crippen molar-refractivity contribution in [3.8, 4) is 0 Å². The van der Waals surface area contributed by atoms with Gasteiger partial charge in [0.05, 0.1) is 5.92 Å². The lowest BCUT2D eigenvalue weighted by molar-refractivity contribution is -0.148. The summed E-state index contributed by atoms with van der Waals surface area (Å²) in [4.78, 5) is 13.3. The highest BCUT2D eigenvalue weighted by molar-refractivity contribution is 5.71. The third kappa shape index (κ3) is 2.35. The zero-order valence-electron chi connectivity index (χ0n) is 8.99. The largest absolute Gasteiger partial charge is 0.481 e. The van der Waals surface area contributed by atoms with E-state index in [1.54, 1.807) is 0 Å². The third-order valence-corrected chi connectivity index (χ3v) is 2.99. The Morgan fingerprint density at radius 3 is 2.79 bits per heavy atom. The molecule has 3 heteroatoms. The zero-order chi connectivity index (χ0) is 10.8. The maximum Gasteiger partial charge on any atom is 0.307 e. The molecule has 0 bridgehead atoms. The molecule has 1 aliphatic rings. The van der Waals surface area contributed by atoms with Crippen LogP contribution in [0.15, 0.2) is 12.7 Å². The number of carboxylic acid groups (broad SMARTS) is 1. The van der Waals surface area contributed by atoms with E-state index in [-0.39, 0.29) is 11.3 Å². The summed E-state index contributed by atoms with van der Waals surface area (Å²) in [6.45, 7) is 10.3. The van der Waals surface area contributed by atoms with E-state index in [1.165, 1.54) is 0 Å². The Hall–Kier alpha value is -0.830. The van der Waals surface area contributed by atoms with Crippen LogP contribution < -0.4 is 0 Å². The first-order valence-electron chi connectivity index (χ1n) is 5.03. The number of hydrogen-bond acceptors (Lipinski definition) is 2. The summed E-state index contributed by atoms with van der Waals surface area (Å²) in [6, 6.07) is 0. The van der Waals surface area contributed by atoms with Gasteiger partial charge in [-0.1, -0.05) is 19.9 Å². The Morgan fingerprint density at radius 2 is 2.36 bits per heavy atom. The Morgan fingerprint density at radius 1 is 1.71 bits per heavy atom. The zero-order valence-corrected chi connectivity index (χ0v) is 8.99. The lowest BCUT2D eigenvalue weighted by Gasteiger charge is -2.41. The van der Waals surface area contributed by atoms with Gasteiger partial charge in [-0.25, -0.2) is 0 Å². The Balaban J connectivity index is 2.65. The van der Waals surface area contributed by atoms with Crippen LogP contribution in [0.4, 0.5) is 0 Å². The summed E-state index contributed by atoms with van der Waals surface area (Å²) in [5, 5.41) is 9.05. The number of carboxylic acids is 1. The quantitative estimate of drug-likeness (QED) is 0.699. The molecule has 1 atom stereocenters. The van der Waals surface area contributed by atoms with E-state index in [2.05, 4.69) is 11.5 Å². The number of hydrogen-bond donors (Lipinski definition) is 1. The smallest absolute Gasteiger partial charge is 0.307 e. The molecule has 0 amide bonds. The molecule has 0 saturated carbocycles. The molecule has 0 aromatic rings. The van der Waals surface area contributed by atoms with Crippen LogP contribution >= 0.6 is 0 Å². The van der Waals surface area contributed by atoms with Gasteiger partial charge in [-0.3, -0.25) is 9.69 Å². The van der Waals surface area contributed by atoms with Crippen LogP contribution in [-0.2, 0) is 4.79 Å². The van der Waals surface area contributed by atoms with Gasteiger partial charge in [-0.15, -0.1) is 6.58 Å². The van der Waals surface area contributed by atoms with Crippen molar-refractivity contribution in [2.45, 2.75) is 20.3 Å². The molecule has 1 saturated heterocycles. The van der Waals surface area contributed by atoms with Crippen LogP contribution in [0.2, 0.25) is 0 Å². The first kappa shape index (κ1) is 11.2. The third-order valence-electron chi connectivity index (χ3n) is 2.99. The van der Waals surface area contributed by atoms with Gasteiger partial charge in [-0.2, -0.15) is 0 Å². The first-order valence-corrected chi connectivity index (χ1v) is 5.03. The van der Waals surface area contributed by atoms with Gasteiger partial charge in [0.15, 0.2) is 0 Å². The lowest BCUT2D eigenvalue weighted by Crippen LogP contribution is -2.48. The van der Waals surface area contributed by atoms with Crippen molar-refractivity contribution >= 4 is 5.97 Å². The molecule has 1 N–H and O–H groups in total. The van der Waals surface area contributed by atoms with E-state index in [0.29, 0.717) is 0 Å². The summed E-state index contributed by atoms with van der Waals surface area (Å²) in [6.07, 6.45) is 2.62. The minimum atomic E-state index is -0.659. The predicted molar refractivity (Wildman–Crippen MR) is 56.2 cm³/mol. The van der Waals surface area contributed by atoms with E-state index in [0.717, 1.165) is 26.1 Å². The van der Waals surface area contributed by atoms with Gasteiger partial charge in [0.25, 0.3) is 0 Å². The standard InChI is InChI=1S/C11H19NO2/c1-4-6-12-7-5-9(10(13)14)11(2,3)8-12/h4,9H,1,5-8H2,2-3H3,(H,13,14). The van der Waals surface area contributed by atoms with Crippen molar-refractivity contribution in [3.63, 3.8) is 0 Å². The van der Waals surface area contributed by atoms with Gasteiger partial charge >= 0.3 is 5.97 Å². The van der Waals surface area contributed by atoms with Crippen LogP contribution in [0.3, 0.4) is 0 Å². The number of aliphatic carboxylic acids is 1. The number of nitrogens with zero attached hydrogens (tertiary/aromatic N) is 1. The molecule has 0 spiro atoms. The van der Waals surface area contributed by atoms with E-state index < -0.39 is 5.97 Å². The van der Waals surface area contributed by atoms with Crippen molar-refractivity contribution < 1.29 is 9.90 Å². The summed E-state index contributed by atoms with van der Waals surface area (Å²) >= 11 is 0. The molecule has 1 heterocycles. The highest BCUT2D eigenvalue weighted by Crippen LogP contribution is 2.34. The molecule has 1 rings (SSSR count). The topological polar surface area (TPSA) is 40.5 Å². The average Bonchev–Trinajstić information content (AvgIpc) is 2.01. The van der Waals surface area contributed by atoms with Gasteiger partial charge in [0, 0.05) is 13.1 Å². The minimum absolute atomic E-state index is 0.132. The number of carbonyl (C=O) groups is 1. The molecule has 1 aliphatic heterocycles. The number of rotatable bonds is 3. The fourth-order valence-corrected chi connectivity index (χ4v) is 2.26. The Kier molecular flexibility index (Phi) is 3.32. The second-order valence-corrected chi connectivity index (χ2v) is 4.69. The fourth-order valence-electron chi connectivity index (χ4n) is 2.26. The molecular formula is C11H19NO2. The molecular weight excluding hydrogens is 178 g/mol. The average molecular weight is 197 g/mol. The lowest BCUT2D eigenvalue weighted by atomic mass is 9.74. The Labute approximate surface area is 85.4 Å². The van der Waals surface area contributed by atoms with Gasteiger partial charge in [-0.05, 0) is 18.4 Å². The Bertz CT molecular complexity index is 235. The molecule has 3 nitrogen and oxygen atoms in total. The second kappa shape index (κ2) is 4.13. The molecule has 14 heavy (non-hydrogen) atoms. The summed E-state index contributed by atoms with van der Waals surface area (Å²) in [5.41, 5.74) is -0.132. The second-order valence-electron chi connectivity index (χ2n) is 4.69. The van der Waals surface area contributed by atoms with Crippen LogP contribution in [0, 0.1) is 11.3 Å². The molecule has 80 valence electrons. The van der Waals surface area contributed by atoms with Gasteiger partial charge in [0.2, 0.25) is 0 Å². The predicted octanol–water partition coefficient (Wildman–Crippen LogP) is 1.61. The van der Waals surface area contributed by atoms with Crippen LogP contribution in [0.5, 0.6) is 0 Å². The SMILES string of the molecule is C=CCN1CCC(C(=O)O)C(C)(C)C1. The van der Waals surface area contributed by atoms with Crippen molar-refractivity contribution in [2.75, 3.05) is 19.6 Å². The van der Waals surface area contributed by atoms with Gasteiger partial charge < -0.3 is 5.11 Å². The molecule has 1 fully saturated rings. The van der Waals surface area contributed by atoms with E-state index >= 15 is 0 Å². The molecule has 0 aliphatic carbocycles. The summed E-state index contributed by atoms with van der Waals surface area (Å²) in [5.74, 6) is -0.864. The maximum atomic E-state index is 11.0. The molecule has 1 unspecified atom stereocenters. The highest BCUT2D eigenvalue weighted by atomic mass is 16.4. The highest BCUT2D eigenvalue weighted by Gasteiger charge is 2.39. The van der Waals surface area contributed by atoms with E-state index in [4.69, 9.17) is 5.11 Å². The van der Waals surface area contributed by atoms with Crippen molar-refractivity contribution in [3.05, 3.63) is 12.7 Å². The normalized spacial score (nSPS) is 27.1. The van der Waals surface area contributed by atoms with E-state index in [9.17, 15) is 4.79 Å². The number of likely N-dealkylation sites (tertiary alicyclic amines) is 1. The van der Waals surface area contributed by atoms with Gasteiger partial charge in [0.1, 0.15) is 0 Å². The first-order chi connectivity index (χ1) is 6.47. The summed E-state index contributed by atoms with van der Waals surface area (Å²) < 4.78 is 0. The van der Waals surface area contributed by atoms with Crippen LogP contribution in [-0.4, -0.2) is 35.6 Å².